The zero-order valence-electron chi connectivity index (χ0n) is 41.1. The molecule has 39 nitrogen and oxygen atoms in total. The van der Waals surface area contributed by atoms with E-state index in [1.165, 1.54) is 0 Å². The Kier molecular flexibility index (Phi) is 23.0. The monoisotopic (exact) mass is 1200 g/mol. The lowest BCUT2D eigenvalue weighted by Gasteiger charge is -2.52. The van der Waals surface area contributed by atoms with E-state index in [1.807, 2.05) is 0 Å². The molecule has 0 spiro atoms. The van der Waals surface area contributed by atoms with Crippen LogP contribution in [0.25, 0.3) is 0 Å². The third kappa shape index (κ3) is 14.4. The molecule has 6 aliphatic rings. The number of phosphoric ester groups is 1. The third-order valence-corrected chi connectivity index (χ3v) is 14.5. The molecule has 40 heteroatoms. The Hall–Kier alpha value is -2.19. The molecule has 0 aromatic rings. The summed E-state index contributed by atoms with van der Waals surface area (Å²) in [5.41, 5.74) is 5.92. The second kappa shape index (κ2) is 27.5. The Bertz CT molecular complexity index is 2050. The summed E-state index contributed by atoms with van der Waals surface area (Å²) in [5, 5.41) is 225. The number of aliphatic carboxylic acids is 2. The van der Waals surface area contributed by atoms with Gasteiger partial charge in [-0.3, -0.25) is 4.52 Å². The SMILES string of the molecule is N[C@H]1[C@@H](OC[C@H](O)[C@H]2O[C@H](O[C@@H]3[C@H](O)[C@@H](O[C@H]4[C@@H]([C@H](O)CO)O[C@@](O)(C(=O)O)C[C@H]4OP(=O)(O)O)O[C@H]([C@@H](O)CO)[C@H]3O[C@@H]3O[C@H](CO)[C@@H](O)[C@H](O)[C@H]3O)[C@@H](O[C@H]3O[C@H](C(=O)O)[C@@H](O)[C@H](O)[C@H]3O)[C@@H](O)[C@@H]2O)O[C@H](CO)[C@@H](O)[C@@H]1O. The third-order valence-electron chi connectivity index (χ3n) is 13.9. The number of phosphoric acid groups is 1. The molecular weight excluding hydrogens is 1130 g/mol. The van der Waals surface area contributed by atoms with E-state index in [9.17, 15) is 131 Å². The molecule has 0 amide bonds. The van der Waals surface area contributed by atoms with E-state index in [0.717, 1.165) is 0 Å². The standard InChI is InChI=1S/C40H68NO38P/c41-13-16(51)14(49)11(4-44)69-34(13)68-6-9(48)25-20(55)21(56)31(76-36-23(58)18(53)19(54)30(75-36)33(60)61)38(71-25)74-29-24(59)37(72-26(7(46)2-42)32(29)77-35-22(57)17(52)15(50)12(5-45)70-35)73-28-10(79-80(65,66)67)1-40(64,39(62)63)78-27(28)8(47)3-43/h7-32,34-38,42-59,64H,1-6,41H2,(H,60,61)(H,62,63)(H2,65,66,67)/t7-,8+,9-,10+,11+,12+,13+,14+,15+,16+,17-,18-,19-,20-,21-,22+,23+,24-,25+,26+,27+,28+,29+,30-,31-,32+,34-,35-,36+,37+,38+,40+/m0/s1. The first kappa shape index (κ1) is 66.9. The van der Waals surface area contributed by atoms with Crippen molar-refractivity contribution in [2.45, 2.75) is 202 Å². The van der Waals surface area contributed by atoms with Crippen LogP contribution in [0.3, 0.4) is 0 Å². The van der Waals surface area contributed by atoms with E-state index in [1.54, 1.807) is 0 Å². The van der Waals surface area contributed by atoms with Gasteiger partial charge in [-0.2, -0.15) is 0 Å². The highest BCUT2D eigenvalue weighted by molar-refractivity contribution is 7.46. The van der Waals surface area contributed by atoms with Crippen LogP contribution in [0.15, 0.2) is 0 Å². The number of ether oxygens (including phenoxy) is 11. The van der Waals surface area contributed by atoms with Crippen LogP contribution in [0.5, 0.6) is 0 Å². The number of aliphatic hydroxyl groups is 19. The lowest BCUT2D eigenvalue weighted by Crippen LogP contribution is -2.70. The van der Waals surface area contributed by atoms with Crippen molar-refractivity contribution in [1.82, 2.24) is 0 Å². The van der Waals surface area contributed by atoms with E-state index in [-0.39, 0.29) is 0 Å². The molecule has 0 unspecified atom stereocenters. The zero-order valence-corrected chi connectivity index (χ0v) is 42.0. The lowest BCUT2D eigenvalue weighted by molar-refractivity contribution is -0.413. The minimum absolute atomic E-state index is 0.899. The fourth-order valence-corrected chi connectivity index (χ4v) is 10.1. The van der Waals surface area contributed by atoms with Gasteiger partial charge in [0.1, 0.15) is 146 Å². The molecule has 6 saturated heterocycles. The zero-order chi connectivity index (χ0) is 59.8. The highest BCUT2D eigenvalue weighted by atomic mass is 31.2. The molecule has 0 aromatic heterocycles. The van der Waals surface area contributed by atoms with Crippen LogP contribution in [0.1, 0.15) is 6.42 Å². The Balaban J connectivity index is 1.46. The van der Waals surface area contributed by atoms with E-state index < -0.39 is 255 Å². The topological polar surface area (TPSA) is 653 Å². The van der Waals surface area contributed by atoms with Crippen LogP contribution in [-0.2, 0) is 70.8 Å². The van der Waals surface area contributed by atoms with Gasteiger partial charge in [-0.05, 0) is 0 Å². The smallest absolute Gasteiger partial charge is 0.469 e. The Morgan fingerprint density at radius 2 is 1.02 bits per heavy atom. The summed E-state index contributed by atoms with van der Waals surface area (Å²) in [6.07, 6.45) is -71.4. The lowest BCUT2D eigenvalue weighted by atomic mass is 9.91. The van der Waals surface area contributed by atoms with E-state index in [0.29, 0.717) is 0 Å². The van der Waals surface area contributed by atoms with Crippen LogP contribution in [0, 0.1) is 0 Å². The molecule has 6 fully saturated rings. The number of carbonyl (C=O) groups is 2. The minimum atomic E-state index is -5.85. The molecule has 0 bridgehead atoms. The average Bonchev–Trinajstić information content (AvgIpc) is 3.40. The number of hydrogen-bond acceptors (Lipinski definition) is 35. The van der Waals surface area contributed by atoms with Gasteiger partial charge in [-0.25, -0.2) is 14.2 Å². The quantitative estimate of drug-likeness (QED) is 0.0448. The highest BCUT2D eigenvalue weighted by Crippen LogP contribution is 2.46. The summed E-state index contributed by atoms with van der Waals surface area (Å²) in [5.74, 6) is -7.73. The number of carboxylic acid groups (broad SMARTS) is 2. The first-order valence-electron chi connectivity index (χ1n) is 24.2. The van der Waals surface area contributed by atoms with Crippen LogP contribution in [0.4, 0.5) is 0 Å². The largest absolute Gasteiger partial charge is 0.479 e. The molecule has 0 aromatic carbocycles. The van der Waals surface area contributed by atoms with Crippen molar-refractivity contribution in [3.05, 3.63) is 0 Å². The fourth-order valence-electron chi connectivity index (χ4n) is 9.55. The number of hydrogen-bond donors (Lipinski definition) is 24. The van der Waals surface area contributed by atoms with Gasteiger partial charge in [-0.1, -0.05) is 0 Å². The predicted octanol–water partition coefficient (Wildman–Crippen LogP) is -15.4. The summed E-state index contributed by atoms with van der Waals surface area (Å²) in [6.45, 7) is -5.92. The average molecular weight is 1200 g/mol. The molecule has 80 heavy (non-hydrogen) atoms. The molecule has 466 valence electrons. The van der Waals surface area contributed by atoms with Gasteiger partial charge in [-0.15, -0.1) is 0 Å². The first-order valence-corrected chi connectivity index (χ1v) is 25.7. The summed E-state index contributed by atoms with van der Waals surface area (Å²) in [4.78, 5) is 44.0. The predicted molar refractivity (Wildman–Crippen MR) is 236 cm³/mol. The van der Waals surface area contributed by atoms with Gasteiger partial charge in [0.2, 0.25) is 0 Å². The number of rotatable bonds is 22. The molecule has 32 atom stereocenters. The number of nitrogens with two attached hydrogens (primary N) is 1. The van der Waals surface area contributed by atoms with Crippen molar-refractivity contribution in [1.29, 1.82) is 0 Å². The normalized spacial score (nSPS) is 48.0. The van der Waals surface area contributed by atoms with Gasteiger partial charge in [0.15, 0.2) is 37.6 Å². The maximum absolute atomic E-state index is 12.4. The van der Waals surface area contributed by atoms with Crippen LogP contribution in [0.2, 0.25) is 0 Å². The van der Waals surface area contributed by atoms with Gasteiger partial charge in [0, 0.05) is 6.42 Å². The van der Waals surface area contributed by atoms with Crippen molar-refractivity contribution in [2.75, 3.05) is 33.0 Å². The molecular formula is C40H68NO38P. The fraction of sp³-hybridized carbons (Fsp3) is 0.950. The second-order valence-corrected chi connectivity index (χ2v) is 20.6. The molecule has 25 N–H and O–H groups in total. The van der Waals surface area contributed by atoms with E-state index >= 15 is 0 Å². The molecule has 0 aliphatic carbocycles. The molecule has 6 rings (SSSR count). The van der Waals surface area contributed by atoms with E-state index in [2.05, 4.69) is 0 Å². The number of carboxylic acids is 2. The van der Waals surface area contributed by atoms with Crippen LogP contribution >= 0.6 is 7.82 Å². The van der Waals surface area contributed by atoms with Gasteiger partial charge in [0.05, 0.1) is 39.1 Å². The van der Waals surface area contributed by atoms with Crippen molar-refractivity contribution in [2.24, 2.45) is 5.73 Å². The van der Waals surface area contributed by atoms with Crippen molar-refractivity contribution in [3.8, 4) is 0 Å². The molecule has 0 radical (unpaired) electrons. The first-order chi connectivity index (χ1) is 37.3. The van der Waals surface area contributed by atoms with Crippen molar-refractivity contribution >= 4 is 19.8 Å². The van der Waals surface area contributed by atoms with Crippen LogP contribution < -0.4 is 5.73 Å². The van der Waals surface area contributed by atoms with Crippen molar-refractivity contribution < 1.29 is 188 Å². The Morgan fingerprint density at radius 3 is 1.57 bits per heavy atom. The van der Waals surface area contributed by atoms with Gasteiger partial charge < -0.3 is 175 Å². The van der Waals surface area contributed by atoms with Crippen molar-refractivity contribution in [3.63, 3.8) is 0 Å². The van der Waals surface area contributed by atoms with E-state index in [4.69, 9.17) is 62.4 Å². The number of aliphatic hydroxyl groups excluding tert-OH is 18. The van der Waals surface area contributed by atoms with Gasteiger partial charge in [0.25, 0.3) is 5.79 Å². The molecule has 6 heterocycles. The summed E-state index contributed by atoms with van der Waals surface area (Å²) in [7, 11) is -5.85. The molecule has 0 saturated carbocycles. The Morgan fingerprint density at radius 1 is 0.537 bits per heavy atom. The summed E-state index contributed by atoms with van der Waals surface area (Å²) < 4.78 is 78.7. The van der Waals surface area contributed by atoms with Crippen LogP contribution in [-0.4, -0.2) is 358 Å². The highest BCUT2D eigenvalue weighted by Gasteiger charge is 2.61. The minimum Gasteiger partial charge on any atom is -0.479 e. The second-order valence-electron chi connectivity index (χ2n) is 19.4. The molecule has 6 aliphatic heterocycles. The maximum Gasteiger partial charge on any atom is 0.469 e. The maximum atomic E-state index is 12.4. The van der Waals surface area contributed by atoms with Gasteiger partial charge >= 0.3 is 19.8 Å². The Labute approximate surface area is 448 Å². The summed E-state index contributed by atoms with van der Waals surface area (Å²) in [6, 6.07) is -1.60. The summed E-state index contributed by atoms with van der Waals surface area (Å²) >= 11 is 0.